The Morgan fingerprint density at radius 2 is 1.77 bits per heavy atom. The lowest BCUT2D eigenvalue weighted by molar-refractivity contribution is 0.0741. The van der Waals surface area contributed by atoms with Crippen LogP contribution >= 0.6 is 0 Å². The Kier molecular flexibility index (Phi) is 5.51. The van der Waals surface area contributed by atoms with Gasteiger partial charge in [0.15, 0.2) is 11.6 Å². The number of rotatable bonds is 4. The fourth-order valence-corrected chi connectivity index (χ4v) is 3.28. The van der Waals surface area contributed by atoms with Crippen molar-refractivity contribution < 1.29 is 13.6 Å². The summed E-state index contributed by atoms with van der Waals surface area (Å²) in [4.78, 5) is 20.4. The standard InChI is InChI=1S/C21H20F2N6O/c1-14-3-2-4-18(24-14)25-19-7-8-20(27-26-19)28-9-11-29(12-10-28)21(30)16-6-5-15(22)13-17(16)23/h2-8,13H,9-12H2,1H3,(H,24,25,26). The van der Waals surface area contributed by atoms with Crippen LogP contribution in [0.15, 0.2) is 48.5 Å². The molecular formula is C21H20F2N6O. The molecule has 1 N–H and O–H groups in total. The molecule has 0 unspecified atom stereocenters. The van der Waals surface area contributed by atoms with Crippen molar-refractivity contribution in [2.75, 3.05) is 36.4 Å². The molecule has 1 aromatic carbocycles. The molecule has 2 aromatic heterocycles. The Hall–Kier alpha value is -3.62. The molecule has 0 saturated carbocycles. The number of amides is 1. The Balaban J connectivity index is 1.36. The summed E-state index contributed by atoms with van der Waals surface area (Å²) < 4.78 is 27.0. The van der Waals surface area contributed by atoms with Gasteiger partial charge in [0.1, 0.15) is 17.5 Å². The molecule has 1 fully saturated rings. The second-order valence-corrected chi connectivity index (χ2v) is 6.97. The maximum Gasteiger partial charge on any atom is 0.256 e. The van der Waals surface area contributed by atoms with Crippen molar-refractivity contribution in [3.8, 4) is 0 Å². The molecule has 0 atom stereocenters. The molecule has 1 aliphatic heterocycles. The van der Waals surface area contributed by atoms with E-state index >= 15 is 0 Å². The number of aromatic nitrogens is 3. The highest BCUT2D eigenvalue weighted by Crippen LogP contribution is 2.18. The number of anilines is 3. The largest absolute Gasteiger partial charge is 0.352 e. The monoisotopic (exact) mass is 410 g/mol. The predicted octanol–water partition coefficient (Wildman–Crippen LogP) is 3.16. The highest BCUT2D eigenvalue weighted by atomic mass is 19.1. The van der Waals surface area contributed by atoms with Crippen molar-refractivity contribution >= 4 is 23.4 Å². The van der Waals surface area contributed by atoms with Gasteiger partial charge in [-0.25, -0.2) is 13.8 Å². The van der Waals surface area contributed by atoms with Crippen molar-refractivity contribution in [2.45, 2.75) is 6.92 Å². The number of carbonyl (C=O) groups is 1. The van der Waals surface area contributed by atoms with Gasteiger partial charge in [0, 0.05) is 37.9 Å². The lowest BCUT2D eigenvalue weighted by atomic mass is 10.1. The summed E-state index contributed by atoms with van der Waals surface area (Å²) in [5.41, 5.74) is 0.780. The van der Waals surface area contributed by atoms with Crippen molar-refractivity contribution in [3.05, 3.63) is 71.4 Å². The maximum absolute atomic E-state index is 13.9. The van der Waals surface area contributed by atoms with Gasteiger partial charge in [0.05, 0.1) is 5.56 Å². The molecular weight excluding hydrogens is 390 g/mol. The molecule has 1 saturated heterocycles. The van der Waals surface area contributed by atoms with Crippen LogP contribution in [-0.4, -0.2) is 52.2 Å². The third-order valence-electron chi connectivity index (χ3n) is 4.85. The smallest absolute Gasteiger partial charge is 0.256 e. The molecule has 4 rings (SSSR count). The number of piperazine rings is 1. The van der Waals surface area contributed by atoms with E-state index in [1.165, 1.54) is 6.07 Å². The number of hydrogen-bond acceptors (Lipinski definition) is 6. The third-order valence-corrected chi connectivity index (χ3v) is 4.85. The van der Waals surface area contributed by atoms with Crippen LogP contribution in [0.3, 0.4) is 0 Å². The number of nitrogens with zero attached hydrogens (tertiary/aromatic N) is 5. The average molecular weight is 410 g/mol. The maximum atomic E-state index is 13.9. The summed E-state index contributed by atoms with van der Waals surface area (Å²) in [6, 6.07) is 12.3. The Labute approximate surface area is 172 Å². The average Bonchev–Trinajstić information content (AvgIpc) is 2.74. The first-order valence-corrected chi connectivity index (χ1v) is 9.53. The van der Waals surface area contributed by atoms with Gasteiger partial charge in [0.2, 0.25) is 0 Å². The highest BCUT2D eigenvalue weighted by Gasteiger charge is 2.25. The van der Waals surface area contributed by atoms with E-state index in [0.717, 1.165) is 17.8 Å². The van der Waals surface area contributed by atoms with Gasteiger partial charge in [-0.1, -0.05) is 6.07 Å². The predicted molar refractivity (Wildman–Crippen MR) is 109 cm³/mol. The minimum absolute atomic E-state index is 0.121. The Morgan fingerprint density at radius 1 is 0.967 bits per heavy atom. The highest BCUT2D eigenvalue weighted by molar-refractivity contribution is 5.94. The normalized spacial score (nSPS) is 14.0. The molecule has 154 valence electrons. The van der Waals surface area contributed by atoms with Gasteiger partial charge in [0.25, 0.3) is 5.91 Å². The van der Waals surface area contributed by atoms with E-state index in [1.807, 2.05) is 42.2 Å². The van der Waals surface area contributed by atoms with Gasteiger partial charge in [-0.2, -0.15) is 0 Å². The zero-order valence-corrected chi connectivity index (χ0v) is 16.3. The fraction of sp³-hybridized carbons (Fsp3) is 0.238. The van der Waals surface area contributed by atoms with E-state index in [2.05, 4.69) is 20.5 Å². The molecule has 0 spiro atoms. The zero-order valence-electron chi connectivity index (χ0n) is 16.3. The van der Waals surface area contributed by atoms with Crippen molar-refractivity contribution in [1.82, 2.24) is 20.1 Å². The lowest BCUT2D eigenvalue weighted by Crippen LogP contribution is -2.49. The van der Waals surface area contributed by atoms with E-state index in [0.29, 0.717) is 43.6 Å². The number of aryl methyl sites for hydroxylation is 1. The molecule has 30 heavy (non-hydrogen) atoms. The van der Waals surface area contributed by atoms with E-state index < -0.39 is 17.5 Å². The number of carbonyl (C=O) groups excluding carboxylic acids is 1. The van der Waals surface area contributed by atoms with Crippen LogP contribution < -0.4 is 10.2 Å². The van der Waals surface area contributed by atoms with Crippen LogP contribution in [0.4, 0.5) is 26.2 Å². The van der Waals surface area contributed by atoms with Crippen molar-refractivity contribution in [2.24, 2.45) is 0 Å². The van der Waals surface area contributed by atoms with E-state index in [-0.39, 0.29) is 5.56 Å². The van der Waals surface area contributed by atoms with Crippen LogP contribution in [0.5, 0.6) is 0 Å². The van der Waals surface area contributed by atoms with Gasteiger partial charge >= 0.3 is 0 Å². The lowest BCUT2D eigenvalue weighted by Gasteiger charge is -2.35. The second-order valence-electron chi connectivity index (χ2n) is 6.97. The number of nitrogens with one attached hydrogen (secondary N) is 1. The number of benzene rings is 1. The molecule has 3 aromatic rings. The van der Waals surface area contributed by atoms with Crippen LogP contribution in [-0.2, 0) is 0 Å². The molecule has 0 radical (unpaired) electrons. The quantitative estimate of drug-likeness (QED) is 0.712. The molecule has 0 aliphatic carbocycles. The molecule has 1 amide bonds. The van der Waals surface area contributed by atoms with Gasteiger partial charge in [-0.15, -0.1) is 10.2 Å². The SMILES string of the molecule is Cc1cccc(Nc2ccc(N3CCN(C(=O)c4ccc(F)cc4F)CC3)nn2)n1. The summed E-state index contributed by atoms with van der Waals surface area (Å²) in [7, 11) is 0. The van der Waals surface area contributed by atoms with Gasteiger partial charge in [-0.3, -0.25) is 4.79 Å². The van der Waals surface area contributed by atoms with E-state index in [4.69, 9.17) is 0 Å². The van der Waals surface area contributed by atoms with Crippen LogP contribution in [0.1, 0.15) is 16.1 Å². The first kappa shape index (κ1) is 19.7. The van der Waals surface area contributed by atoms with Crippen molar-refractivity contribution in [3.63, 3.8) is 0 Å². The summed E-state index contributed by atoms with van der Waals surface area (Å²) in [5, 5.41) is 11.6. The summed E-state index contributed by atoms with van der Waals surface area (Å²) in [6.45, 7) is 3.80. The topological polar surface area (TPSA) is 74.2 Å². The third kappa shape index (κ3) is 4.35. The summed E-state index contributed by atoms with van der Waals surface area (Å²) >= 11 is 0. The van der Waals surface area contributed by atoms with Crippen LogP contribution in [0.2, 0.25) is 0 Å². The fourth-order valence-electron chi connectivity index (χ4n) is 3.28. The van der Waals surface area contributed by atoms with E-state index in [1.54, 1.807) is 4.90 Å². The molecule has 9 heteroatoms. The minimum Gasteiger partial charge on any atom is -0.352 e. The van der Waals surface area contributed by atoms with Gasteiger partial charge < -0.3 is 15.1 Å². The Morgan fingerprint density at radius 3 is 2.43 bits per heavy atom. The number of pyridine rings is 1. The zero-order chi connectivity index (χ0) is 21.1. The Bertz CT molecular complexity index is 1050. The molecule has 0 bridgehead atoms. The van der Waals surface area contributed by atoms with Crippen LogP contribution in [0.25, 0.3) is 0 Å². The van der Waals surface area contributed by atoms with Crippen molar-refractivity contribution in [1.29, 1.82) is 0 Å². The molecule has 3 heterocycles. The van der Waals surface area contributed by atoms with Gasteiger partial charge in [-0.05, 0) is 43.3 Å². The molecule has 1 aliphatic rings. The number of halogens is 2. The van der Waals surface area contributed by atoms with E-state index in [9.17, 15) is 13.6 Å². The first-order chi connectivity index (χ1) is 14.5. The second kappa shape index (κ2) is 8.40. The minimum atomic E-state index is -0.848. The van der Waals surface area contributed by atoms with Crippen LogP contribution in [0, 0.1) is 18.6 Å². The summed E-state index contributed by atoms with van der Waals surface area (Å²) in [5.74, 6) is -0.0288. The summed E-state index contributed by atoms with van der Waals surface area (Å²) in [6.07, 6.45) is 0. The molecule has 7 nitrogen and oxygen atoms in total. The number of hydrogen-bond donors (Lipinski definition) is 1. The first-order valence-electron chi connectivity index (χ1n) is 9.53.